The van der Waals surface area contributed by atoms with Gasteiger partial charge in [-0.1, -0.05) is 13.3 Å². The van der Waals surface area contributed by atoms with Gasteiger partial charge in [-0.3, -0.25) is 4.79 Å². The van der Waals surface area contributed by atoms with E-state index in [1.54, 1.807) is 14.0 Å². The molecular formula is C15H23NO3. The molecule has 0 bridgehead atoms. The Hall–Kier alpha value is -1.55. The normalized spacial score (nSPS) is 13.7. The molecule has 0 unspecified atom stereocenters. The first-order valence-electron chi connectivity index (χ1n) is 6.65. The van der Waals surface area contributed by atoms with E-state index >= 15 is 0 Å². The maximum absolute atomic E-state index is 12.2. The molecule has 1 atom stereocenters. The summed E-state index contributed by atoms with van der Waals surface area (Å²) in [6, 6.07) is 7.32. The second kappa shape index (κ2) is 7.14. The second-order valence-electron chi connectivity index (χ2n) is 4.60. The van der Waals surface area contributed by atoms with Gasteiger partial charge in [0.1, 0.15) is 11.4 Å². The molecule has 0 aliphatic rings. The van der Waals surface area contributed by atoms with Crippen molar-refractivity contribution in [2.45, 2.75) is 39.2 Å². The number of amides is 1. The Labute approximate surface area is 115 Å². The number of hydrogen-bond donors (Lipinski definition) is 1. The molecule has 4 nitrogen and oxygen atoms in total. The van der Waals surface area contributed by atoms with Crippen LogP contribution in [0.1, 0.15) is 33.6 Å². The molecule has 0 radical (unpaired) electrons. The molecule has 4 heteroatoms. The summed E-state index contributed by atoms with van der Waals surface area (Å²) in [5.74, 6) is 0.671. The summed E-state index contributed by atoms with van der Waals surface area (Å²) >= 11 is 0. The summed E-state index contributed by atoms with van der Waals surface area (Å²) in [6.45, 7) is 6.40. The zero-order valence-corrected chi connectivity index (χ0v) is 12.2. The number of rotatable bonds is 7. The Balaban J connectivity index is 2.70. The van der Waals surface area contributed by atoms with Crippen molar-refractivity contribution in [3.05, 3.63) is 24.3 Å². The van der Waals surface area contributed by atoms with Crippen molar-refractivity contribution in [2.24, 2.45) is 0 Å². The average Bonchev–Trinajstić information content (AvgIpc) is 2.41. The quantitative estimate of drug-likeness (QED) is 0.823. The predicted octanol–water partition coefficient (Wildman–Crippen LogP) is 3.23. The molecule has 0 spiro atoms. The minimum absolute atomic E-state index is 0.124. The number of carbonyl (C=O) groups excluding carboxylic acids is 1. The highest BCUT2D eigenvalue weighted by Gasteiger charge is 2.31. The molecule has 0 aliphatic carbocycles. The zero-order valence-electron chi connectivity index (χ0n) is 12.2. The summed E-state index contributed by atoms with van der Waals surface area (Å²) < 4.78 is 10.7. The molecule has 0 saturated heterocycles. The van der Waals surface area contributed by atoms with E-state index in [0.717, 1.165) is 17.9 Å². The van der Waals surface area contributed by atoms with Gasteiger partial charge in [0, 0.05) is 12.8 Å². The Kier molecular flexibility index (Phi) is 5.83. The standard InChI is InChI=1S/C15H23NO3/c1-5-11-15(3,18-4)14(17)16-12-7-9-13(10-8-12)19-6-2/h7-10H,5-6,11H2,1-4H3,(H,16,17)/t15-/m0/s1. The van der Waals surface area contributed by atoms with Crippen molar-refractivity contribution in [1.29, 1.82) is 0 Å². The van der Waals surface area contributed by atoms with Crippen LogP contribution in [0.5, 0.6) is 5.75 Å². The molecule has 0 heterocycles. The molecule has 1 amide bonds. The molecule has 0 saturated carbocycles. The van der Waals surface area contributed by atoms with Gasteiger partial charge in [-0.25, -0.2) is 0 Å². The summed E-state index contributed by atoms with van der Waals surface area (Å²) in [4.78, 5) is 12.2. The summed E-state index contributed by atoms with van der Waals surface area (Å²) in [6.07, 6.45) is 1.58. The molecule has 1 N–H and O–H groups in total. The highest BCUT2D eigenvalue weighted by molar-refractivity contribution is 5.97. The van der Waals surface area contributed by atoms with Gasteiger partial charge in [0.15, 0.2) is 0 Å². The fourth-order valence-electron chi connectivity index (χ4n) is 1.85. The molecule has 1 aromatic rings. The van der Waals surface area contributed by atoms with E-state index in [1.807, 2.05) is 38.1 Å². The number of carbonyl (C=O) groups is 1. The van der Waals surface area contributed by atoms with Crippen LogP contribution in [0.4, 0.5) is 5.69 Å². The lowest BCUT2D eigenvalue weighted by Crippen LogP contribution is -2.41. The molecule has 0 fully saturated rings. The third-order valence-corrected chi connectivity index (χ3v) is 3.08. The lowest BCUT2D eigenvalue weighted by atomic mass is 9.99. The number of ether oxygens (including phenoxy) is 2. The SMILES string of the molecule is CCC[C@](C)(OC)C(=O)Nc1ccc(OCC)cc1. The molecule has 0 aromatic heterocycles. The molecule has 1 aromatic carbocycles. The molecular weight excluding hydrogens is 242 g/mol. The van der Waals surface area contributed by atoms with Crippen LogP contribution in [0, 0.1) is 0 Å². The average molecular weight is 265 g/mol. The second-order valence-corrected chi connectivity index (χ2v) is 4.60. The Morgan fingerprint density at radius 1 is 1.26 bits per heavy atom. The molecule has 106 valence electrons. The molecule has 0 aliphatic heterocycles. The maximum Gasteiger partial charge on any atom is 0.256 e. The van der Waals surface area contributed by atoms with Gasteiger partial charge in [-0.2, -0.15) is 0 Å². The van der Waals surface area contributed by atoms with Gasteiger partial charge in [-0.05, 0) is 44.5 Å². The highest BCUT2D eigenvalue weighted by atomic mass is 16.5. The van der Waals surface area contributed by atoms with Gasteiger partial charge in [-0.15, -0.1) is 0 Å². The number of benzene rings is 1. The predicted molar refractivity (Wildman–Crippen MR) is 76.6 cm³/mol. The summed E-state index contributed by atoms with van der Waals surface area (Å²) in [7, 11) is 1.56. The van der Waals surface area contributed by atoms with Gasteiger partial charge < -0.3 is 14.8 Å². The van der Waals surface area contributed by atoms with Crippen LogP contribution in [-0.2, 0) is 9.53 Å². The van der Waals surface area contributed by atoms with Gasteiger partial charge >= 0.3 is 0 Å². The highest BCUT2D eigenvalue weighted by Crippen LogP contribution is 2.21. The minimum Gasteiger partial charge on any atom is -0.494 e. The van der Waals surface area contributed by atoms with Crippen molar-refractivity contribution in [3.8, 4) is 5.75 Å². The van der Waals surface area contributed by atoms with E-state index in [-0.39, 0.29) is 5.91 Å². The number of nitrogens with one attached hydrogen (secondary N) is 1. The number of hydrogen-bond acceptors (Lipinski definition) is 3. The van der Waals surface area contributed by atoms with Crippen LogP contribution in [0.2, 0.25) is 0 Å². The van der Waals surface area contributed by atoms with Crippen molar-refractivity contribution < 1.29 is 14.3 Å². The van der Waals surface area contributed by atoms with Gasteiger partial charge in [0.2, 0.25) is 0 Å². The van der Waals surface area contributed by atoms with E-state index in [9.17, 15) is 4.79 Å². The summed E-state index contributed by atoms with van der Waals surface area (Å²) in [5.41, 5.74) is -0.0410. The third kappa shape index (κ3) is 4.24. The Morgan fingerprint density at radius 2 is 1.89 bits per heavy atom. The van der Waals surface area contributed by atoms with E-state index in [1.165, 1.54) is 0 Å². The van der Waals surface area contributed by atoms with E-state index in [4.69, 9.17) is 9.47 Å². The smallest absolute Gasteiger partial charge is 0.256 e. The first-order valence-corrected chi connectivity index (χ1v) is 6.65. The monoisotopic (exact) mass is 265 g/mol. The fourth-order valence-corrected chi connectivity index (χ4v) is 1.85. The maximum atomic E-state index is 12.2. The third-order valence-electron chi connectivity index (χ3n) is 3.08. The first kappa shape index (κ1) is 15.5. The van der Waals surface area contributed by atoms with Crippen LogP contribution >= 0.6 is 0 Å². The molecule has 1 rings (SSSR count). The number of methoxy groups -OCH3 is 1. The Bertz CT molecular complexity index is 402. The first-order chi connectivity index (χ1) is 9.05. The minimum atomic E-state index is -0.784. The van der Waals surface area contributed by atoms with Crippen LogP contribution in [0.3, 0.4) is 0 Å². The van der Waals surface area contributed by atoms with E-state index < -0.39 is 5.60 Å². The van der Waals surface area contributed by atoms with Crippen molar-refractivity contribution >= 4 is 11.6 Å². The van der Waals surface area contributed by atoms with E-state index in [0.29, 0.717) is 13.0 Å². The molecule has 19 heavy (non-hydrogen) atoms. The van der Waals surface area contributed by atoms with Crippen LogP contribution in [0.15, 0.2) is 24.3 Å². The zero-order chi connectivity index (χ0) is 14.3. The van der Waals surface area contributed by atoms with Crippen molar-refractivity contribution in [1.82, 2.24) is 0 Å². The van der Waals surface area contributed by atoms with Gasteiger partial charge in [0.25, 0.3) is 5.91 Å². The van der Waals surface area contributed by atoms with Crippen molar-refractivity contribution in [2.75, 3.05) is 19.0 Å². The largest absolute Gasteiger partial charge is 0.494 e. The lowest BCUT2D eigenvalue weighted by molar-refractivity contribution is -0.136. The lowest BCUT2D eigenvalue weighted by Gasteiger charge is -2.26. The topological polar surface area (TPSA) is 47.6 Å². The van der Waals surface area contributed by atoms with Crippen LogP contribution in [-0.4, -0.2) is 25.2 Å². The van der Waals surface area contributed by atoms with Crippen LogP contribution in [0.25, 0.3) is 0 Å². The van der Waals surface area contributed by atoms with E-state index in [2.05, 4.69) is 5.32 Å². The number of anilines is 1. The summed E-state index contributed by atoms with van der Waals surface area (Å²) in [5, 5.41) is 2.87. The van der Waals surface area contributed by atoms with Gasteiger partial charge in [0.05, 0.1) is 6.61 Å². The fraction of sp³-hybridized carbons (Fsp3) is 0.533. The van der Waals surface area contributed by atoms with Crippen molar-refractivity contribution in [3.63, 3.8) is 0 Å². The Morgan fingerprint density at radius 3 is 2.37 bits per heavy atom. The van der Waals surface area contributed by atoms with Crippen LogP contribution < -0.4 is 10.1 Å².